The standard InChI is InChI=1S/C23H21F3O2.C11H14O.C9H16O2.C3H9N.C2H6/c1-2-5-18-6-3-4-7-22(18)27-16-17-8-12-20(13-9-17)28-21-14-10-19(11-15-21)23(24,25)26;1-3-4-10-5-7-11(8-6-10)9(2)12;1-2-3-4-5-9(10)11-8-6-7-8;1-3-4-2;1-2/h3-4,6-15H,2,5,16H2,1H3;5-8H,3-4H2,1-2H3;8H,2-7H2,1H3;4H,3H2,1-2H3;1-2H3. The fourth-order valence-corrected chi connectivity index (χ4v) is 4.93. The Morgan fingerprint density at radius 2 is 1.26 bits per heavy atom. The number of nitrogens with one attached hydrogen (secondary N) is 1. The number of carbonyl (C=O) groups excluding carboxylic acids is 2. The van der Waals surface area contributed by atoms with Gasteiger partial charge in [0.1, 0.15) is 30.0 Å². The monoisotopic (exact) mass is 793 g/mol. The van der Waals surface area contributed by atoms with Gasteiger partial charge in [-0.05, 0) is 112 Å². The van der Waals surface area contributed by atoms with Crippen LogP contribution in [-0.4, -0.2) is 31.4 Å². The minimum absolute atomic E-state index is 0.000880. The molecule has 1 fully saturated rings. The highest BCUT2D eigenvalue weighted by Gasteiger charge is 2.30. The quantitative estimate of drug-likeness (QED) is 0.0692. The van der Waals surface area contributed by atoms with E-state index in [0.29, 0.717) is 24.5 Å². The summed E-state index contributed by atoms with van der Waals surface area (Å²) in [6.07, 6.45) is 6.27. The van der Waals surface area contributed by atoms with E-state index in [4.69, 9.17) is 14.2 Å². The van der Waals surface area contributed by atoms with E-state index in [0.717, 1.165) is 93.3 Å². The maximum atomic E-state index is 12.6. The third-order valence-corrected chi connectivity index (χ3v) is 8.29. The summed E-state index contributed by atoms with van der Waals surface area (Å²) in [6.45, 7) is 15.6. The van der Waals surface area contributed by atoms with E-state index >= 15 is 0 Å². The first-order valence-corrected chi connectivity index (χ1v) is 20.5. The summed E-state index contributed by atoms with van der Waals surface area (Å²) in [5, 5.41) is 2.93. The molecular weight excluding hydrogens is 728 g/mol. The predicted molar refractivity (Wildman–Crippen MR) is 227 cm³/mol. The number of benzene rings is 4. The van der Waals surface area contributed by atoms with Gasteiger partial charge in [-0.25, -0.2) is 0 Å². The number of rotatable bonds is 16. The predicted octanol–water partition coefficient (Wildman–Crippen LogP) is 13.4. The molecule has 0 amide bonds. The van der Waals surface area contributed by atoms with Crippen LogP contribution in [0.4, 0.5) is 13.2 Å². The second-order valence-electron chi connectivity index (χ2n) is 13.3. The molecule has 4 aromatic carbocycles. The highest BCUT2D eigenvalue weighted by Crippen LogP contribution is 2.31. The number of para-hydroxylation sites is 1. The zero-order valence-corrected chi connectivity index (χ0v) is 35.5. The molecule has 1 saturated carbocycles. The van der Waals surface area contributed by atoms with Gasteiger partial charge in [-0.1, -0.05) is 122 Å². The fourth-order valence-electron chi connectivity index (χ4n) is 4.93. The number of ether oxygens (including phenoxy) is 3. The zero-order chi connectivity index (χ0) is 42.5. The molecule has 0 bridgehead atoms. The van der Waals surface area contributed by atoms with Crippen LogP contribution in [0.2, 0.25) is 0 Å². The SMILES string of the molecule is CC.CCCCCC(=O)OC1CC1.CCCc1ccc(C(C)=O)cc1.CCCc1ccccc1OCc1ccc(Oc2ccc(C(F)(F)F)cc2)cc1.CCNC. The average molecular weight is 794 g/mol. The van der Waals surface area contributed by atoms with E-state index < -0.39 is 11.7 Å². The second kappa shape index (κ2) is 29.6. The van der Waals surface area contributed by atoms with Crippen molar-refractivity contribution >= 4 is 11.8 Å². The lowest BCUT2D eigenvalue weighted by atomic mass is 10.1. The van der Waals surface area contributed by atoms with Gasteiger partial charge in [0, 0.05) is 12.0 Å². The van der Waals surface area contributed by atoms with Crippen molar-refractivity contribution in [3.8, 4) is 17.2 Å². The molecule has 0 aliphatic heterocycles. The summed E-state index contributed by atoms with van der Waals surface area (Å²) in [5.74, 6) is 1.92. The molecule has 0 atom stereocenters. The smallest absolute Gasteiger partial charge is 0.416 e. The zero-order valence-electron chi connectivity index (χ0n) is 35.5. The summed E-state index contributed by atoms with van der Waals surface area (Å²) in [7, 11) is 1.93. The Labute approximate surface area is 340 Å². The molecule has 4 aromatic rings. The van der Waals surface area contributed by atoms with Crippen molar-refractivity contribution in [1.82, 2.24) is 5.32 Å². The van der Waals surface area contributed by atoms with Crippen LogP contribution in [0.1, 0.15) is 132 Å². The Bertz CT molecular complexity index is 1630. The molecule has 1 N–H and O–H groups in total. The van der Waals surface area contributed by atoms with Crippen LogP contribution in [0.15, 0.2) is 97.1 Å². The molecule has 0 heterocycles. The molecule has 57 heavy (non-hydrogen) atoms. The summed E-state index contributed by atoms with van der Waals surface area (Å²) in [4.78, 5) is 21.9. The molecule has 5 rings (SSSR count). The first-order valence-electron chi connectivity index (χ1n) is 20.5. The van der Waals surface area contributed by atoms with E-state index in [1.165, 1.54) is 23.3 Å². The van der Waals surface area contributed by atoms with Crippen molar-refractivity contribution in [3.63, 3.8) is 0 Å². The normalized spacial score (nSPS) is 11.4. The Balaban J connectivity index is 0.000000460. The van der Waals surface area contributed by atoms with E-state index in [9.17, 15) is 22.8 Å². The Morgan fingerprint density at radius 1 is 0.719 bits per heavy atom. The van der Waals surface area contributed by atoms with Crippen LogP contribution in [0.5, 0.6) is 17.2 Å². The Kier molecular flexibility index (Phi) is 26.2. The van der Waals surface area contributed by atoms with Gasteiger partial charge in [0.15, 0.2) is 5.78 Å². The van der Waals surface area contributed by atoms with Crippen molar-refractivity contribution in [2.75, 3.05) is 13.6 Å². The van der Waals surface area contributed by atoms with Gasteiger partial charge in [-0.3, -0.25) is 9.59 Å². The first kappa shape index (κ1) is 50.4. The van der Waals surface area contributed by atoms with E-state index in [2.05, 4.69) is 39.1 Å². The van der Waals surface area contributed by atoms with E-state index in [1.807, 2.05) is 75.5 Å². The summed E-state index contributed by atoms with van der Waals surface area (Å²) in [6, 6.07) is 27.8. The number of hydrogen-bond donors (Lipinski definition) is 1. The van der Waals surface area contributed by atoms with Gasteiger partial charge in [0.05, 0.1) is 5.56 Å². The molecule has 0 unspecified atom stereocenters. The maximum Gasteiger partial charge on any atom is 0.416 e. The van der Waals surface area contributed by atoms with E-state index in [-0.39, 0.29) is 17.9 Å². The van der Waals surface area contributed by atoms with Gasteiger partial charge >= 0.3 is 12.1 Å². The number of aryl methyl sites for hydroxylation is 2. The maximum absolute atomic E-state index is 12.6. The number of unbranched alkanes of at least 4 members (excludes halogenated alkanes) is 2. The number of alkyl halides is 3. The molecule has 0 aromatic heterocycles. The van der Waals surface area contributed by atoms with Crippen molar-refractivity contribution in [2.45, 2.75) is 132 Å². The van der Waals surface area contributed by atoms with Gasteiger partial charge in [-0.2, -0.15) is 13.2 Å². The van der Waals surface area contributed by atoms with Gasteiger partial charge in [0.25, 0.3) is 0 Å². The number of hydrogen-bond acceptors (Lipinski definition) is 6. The highest BCUT2D eigenvalue weighted by atomic mass is 19.4. The number of ketones is 1. The topological polar surface area (TPSA) is 73.9 Å². The number of halogens is 3. The highest BCUT2D eigenvalue weighted by molar-refractivity contribution is 5.94. The lowest BCUT2D eigenvalue weighted by molar-refractivity contribution is -0.145. The minimum Gasteiger partial charge on any atom is -0.489 e. The van der Waals surface area contributed by atoms with Gasteiger partial charge in [0.2, 0.25) is 0 Å². The van der Waals surface area contributed by atoms with Crippen LogP contribution in [0, 0.1) is 0 Å². The lowest BCUT2D eigenvalue weighted by Gasteiger charge is -2.12. The van der Waals surface area contributed by atoms with Gasteiger partial charge < -0.3 is 19.5 Å². The third-order valence-electron chi connectivity index (χ3n) is 8.29. The van der Waals surface area contributed by atoms with Crippen molar-refractivity contribution in [2.24, 2.45) is 0 Å². The molecule has 9 heteroatoms. The fraction of sp³-hybridized carbons (Fsp3) is 0.458. The summed E-state index contributed by atoms with van der Waals surface area (Å²) >= 11 is 0. The molecule has 0 saturated heterocycles. The summed E-state index contributed by atoms with van der Waals surface area (Å²) < 4.78 is 54.4. The second-order valence-corrected chi connectivity index (χ2v) is 13.3. The molecule has 0 spiro atoms. The Hall–Kier alpha value is -4.63. The molecule has 6 nitrogen and oxygen atoms in total. The van der Waals surface area contributed by atoms with Crippen LogP contribution in [0.3, 0.4) is 0 Å². The largest absolute Gasteiger partial charge is 0.489 e. The van der Waals surface area contributed by atoms with Crippen molar-refractivity contribution < 1.29 is 37.0 Å². The molecule has 0 radical (unpaired) electrons. The molecule has 314 valence electrons. The van der Waals surface area contributed by atoms with E-state index in [1.54, 1.807) is 19.1 Å². The van der Waals surface area contributed by atoms with Crippen LogP contribution in [0.25, 0.3) is 0 Å². The van der Waals surface area contributed by atoms with Crippen LogP contribution >= 0.6 is 0 Å². The molecule has 1 aliphatic carbocycles. The van der Waals surface area contributed by atoms with Crippen molar-refractivity contribution in [1.29, 1.82) is 0 Å². The van der Waals surface area contributed by atoms with Crippen molar-refractivity contribution in [3.05, 3.63) is 125 Å². The lowest BCUT2D eigenvalue weighted by Crippen LogP contribution is -2.05. The molecular formula is C48H66F3NO5. The Morgan fingerprint density at radius 3 is 1.75 bits per heavy atom. The summed E-state index contributed by atoms with van der Waals surface area (Å²) in [5.41, 5.74) is 3.58. The number of carbonyl (C=O) groups is 2. The average Bonchev–Trinajstić information content (AvgIpc) is 4.04. The van der Waals surface area contributed by atoms with Crippen LogP contribution in [-0.2, 0) is 35.2 Å². The number of esters is 1. The first-order chi connectivity index (χ1) is 27.4. The van der Waals surface area contributed by atoms with Crippen LogP contribution < -0.4 is 14.8 Å². The number of Topliss-reactive ketones (excluding diaryl/α,β-unsaturated/α-hetero) is 1. The minimum atomic E-state index is -4.35. The van der Waals surface area contributed by atoms with Gasteiger partial charge in [-0.15, -0.1) is 0 Å². The molecule has 1 aliphatic rings. The third kappa shape index (κ3) is 22.6.